The molecule has 102 valence electrons. The van der Waals surface area contributed by atoms with Crippen LogP contribution in [0.4, 0.5) is 0 Å². The molecule has 0 fully saturated rings. The summed E-state index contributed by atoms with van der Waals surface area (Å²) in [5, 5.41) is 9.27. The normalized spacial score (nSPS) is 10.1. The Morgan fingerprint density at radius 3 is 2.55 bits per heavy atom. The number of hydrogen-bond donors (Lipinski definition) is 1. The first kappa shape index (κ1) is 14.4. The predicted octanol–water partition coefficient (Wildman–Crippen LogP) is 3.57. The molecule has 0 unspecified atom stereocenters. The van der Waals surface area contributed by atoms with Crippen LogP contribution in [-0.2, 0) is 6.42 Å². The summed E-state index contributed by atoms with van der Waals surface area (Å²) in [6, 6.07) is 15.6. The number of thioether (sulfide) groups is 1. The molecule has 0 aromatic heterocycles. The van der Waals surface area contributed by atoms with Gasteiger partial charge in [-0.05, 0) is 49.1 Å². The van der Waals surface area contributed by atoms with Crippen LogP contribution in [0, 0.1) is 11.3 Å². The predicted molar refractivity (Wildman–Crippen MR) is 82.2 cm³/mol. The van der Waals surface area contributed by atoms with Crippen molar-refractivity contribution in [1.29, 1.82) is 5.26 Å². The number of nitrogens with zero attached hydrogens (tertiary/aromatic N) is 1. The van der Waals surface area contributed by atoms with Crippen molar-refractivity contribution in [3.8, 4) is 17.6 Å². The van der Waals surface area contributed by atoms with Crippen LogP contribution in [0.2, 0.25) is 0 Å². The molecule has 0 saturated carbocycles. The van der Waals surface area contributed by atoms with Crippen LogP contribution in [0.5, 0.6) is 11.5 Å². The Labute approximate surface area is 123 Å². The molecule has 2 N–H and O–H groups in total. The third kappa shape index (κ3) is 3.32. The highest BCUT2D eigenvalue weighted by Crippen LogP contribution is 2.31. The second kappa shape index (κ2) is 6.99. The summed E-state index contributed by atoms with van der Waals surface area (Å²) in [4.78, 5) is 0.921. The van der Waals surface area contributed by atoms with E-state index in [2.05, 4.69) is 6.07 Å². The van der Waals surface area contributed by atoms with Gasteiger partial charge in [0, 0.05) is 4.90 Å². The fourth-order valence-electron chi connectivity index (χ4n) is 1.89. The van der Waals surface area contributed by atoms with E-state index in [0.29, 0.717) is 17.9 Å². The van der Waals surface area contributed by atoms with Gasteiger partial charge in [0.2, 0.25) is 0 Å². The molecule has 4 heteroatoms. The van der Waals surface area contributed by atoms with E-state index in [4.69, 9.17) is 10.5 Å². The molecule has 0 spiro atoms. The third-order valence-electron chi connectivity index (χ3n) is 2.90. The molecule has 20 heavy (non-hydrogen) atoms. The lowest BCUT2D eigenvalue weighted by Gasteiger charge is -2.10. The molecule has 0 aliphatic carbocycles. The van der Waals surface area contributed by atoms with Crippen LogP contribution < -0.4 is 10.5 Å². The standard InChI is InChI=1S/C16H16N2OS/c1-20-16-4-2-3-15(14(16)11-18)19-13-7-5-12(6-8-13)9-10-17/h2-8H,9-10,17H2,1H3. The van der Waals surface area contributed by atoms with Crippen molar-refractivity contribution in [2.75, 3.05) is 12.8 Å². The van der Waals surface area contributed by atoms with Crippen molar-refractivity contribution < 1.29 is 4.74 Å². The fourth-order valence-corrected chi connectivity index (χ4v) is 2.46. The van der Waals surface area contributed by atoms with Gasteiger partial charge in [0.25, 0.3) is 0 Å². The largest absolute Gasteiger partial charge is 0.456 e. The SMILES string of the molecule is CSc1cccc(Oc2ccc(CCN)cc2)c1C#N. The summed E-state index contributed by atoms with van der Waals surface area (Å²) < 4.78 is 5.81. The lowest BCUT2D eigenvalue weighted by atomic mass is 10.1. The Morgan fingerprint density at radius 2 is 1.95 bits per heavy atom. The lowest BCUT2D eigenvalue weighted by Crippen LogP contribution is -2.02. The van der Waals surface area contributed by atoms with E-state index >= 15 is 0 Å². The Kier molecular flexibility index (Phi) is 5.05. The molecule has 3 nitrogen and oxygen atoms in total. The van der Waals surface area contributed by atoms with E-state index in [-0.39, 0.29) is 0 Å². The molecule has 0 atom stereocenters. The second-order valence-corrected chi connectivity index (χ2v) is 5.08. The van der Waals surface area contributed by atoms with Crippen molar-refractivity contribution in [1.82, 2.24) is 0 Å². The molecular formula is C16H16N2OS. The van der Waals surface area contributed by atoms with Gasteiger partial charge in [0.15, 0.2) is 0 Å². The molecule has 0 aliphatic rings. The maximum absolute atomic E-state index is 9.27. The van der Waals surface area contributed by atoms with E-state index < -0.39 is 0 Å². The van der Waals surface area contributed by atoms with E-state index in [9.17, 15) is 5.26 Å². The Bertz CT molecular complexity index is 617. The average molecular weight is 284 g/mol. The number of benzene rings is 2. The van der Waals surface area contributed by atoms with Gasteiger partial charge in [-0.2, -0.15) is 5.26 Å². The van der Waals surface area contributed by atoms with Crippen LogP contribution in [0.25, 0.3) is 0 Å². The highest BCUT2D eigenvalue weighted by Gasteiger charge is 2.09. The highest BCUT2D eigenvalue weighted by atomic mass is 32.2. The van der Waals surface area contributed by atoms with Gasteiger partial charge in [0.1, 0.15) is 23.1 Å². The van der Waals surface area contributed by atoms with E-state index in [1.807, 2.05) is 48.7 Å². The van der Waals surface area contributed by atoms with Gasteiger partial charge >= 0.3 is 0 Å². The van der Waals surface area contributed by atoms with Crippen LogP contribution in [0.3, 0.4) is 0 Å². The molecule has 0 aliphatic heterocycles. The molecule has 0 saturated heterocycles. The second-order valence-electron chi connectivity index (χ2n) is 4.23. The maximum atomic E-state index is 9.27. The fraction of sp³-hybridized carbons (Fsp3) is 0.188. The number of nitriles is 1. The monoisotopic (exact) mass is 284 g/mol. The number of hydrogen-bond acceptors (Lipinski definition) is 4. The number of nitrogens with two attached hydrogens (primary N) is 1. The quantitative estimate of drug-likeness (QED) is 0.853. The molecule has 0 amide bonds. The third-order valence-corrected chi connectivity index (χ3v) is 3.68. The molecular weight excluding hydrogens is 268 g/mol. The minimum Gasteiger partial charge on any atom is -0.456 e. The van der Waals surface area contributed by atoms with Gasteiger partial charge in [-0.25, -0.2) is 0 Å². The zero-order chi connectivity index (χ0) is 14.4. The van der Waals surface area contributed by atoms with Crippen LogP contribution in [0.15, 0.2) is 47.4 Å². The van der Waals surface area contributed by atoms with Crippen molar-refractivity contribution in [3.05, 3.63) is 53.6 Å². The van der Waals surface area contributed by atoms with Gasteiger partial charge in [-0.1, -0.05) is 18.2 Å². The Morgan fingerprint density at radius 1 is 1.20 bits per heavy atom. The van der Waals surface area contributed by atoms with Crippen LogP contribution in [-0.4, -0.2) is 12.8 Å². The molecule has 0 radical (unpaired) electrons. The van der Waals surface area contributed by atoms with Gasteiger partial charge in [-0.3, -0.25) is 0 Å². The zero-order valence-electron chi connectivity index (χ0n) is 11.3. The van der Waals surface area contributed by atoms with Crippen molar-refractivity contribution in [3.63, 3.8) is 0 Å². The number of rotatable bonds is 5. The summed E-state index contributed by atoms with van der Waals surface area (Å²) in [5.41, 5.74) is 7.28. The average Bonchev–Trinajstić information content (AvgIpc) is 2.49. The highest BCUT2D eigenvalue weighted by molar-refractivity contribution is 7.98. The van der Waals surface area contributed by atoms with Crippen molar-refractivity contribution >= 4 is 11.8 Å². The topological polar surface area (TPSA) is 59.0 Å². The molecule has 0 heterocycles. The summed E-state index contributed by atoms with van der Waals surface area (Å²) in [6.45, 7) is 0.633. The molecule has 2 aromatic carbocycles. The Balaban J connectivity index is 2.24. The van der Waals surface area contributed by atoms with Crippen molar-refractivity contribution in [2.45, 2.75) is 11.3 Å². The van der Waals surface area contributed by atoms with E-state index in [1.165, 1.54) is 17.3 Å². The van der Waals surface area contributed by atoms with Gasteiger partial charge < -0.3 is 10.5 Å². The first-order valence-corrected chi connectivity index (χ1v) is 7.55. The smallest absolute Gasteiger partial charge is 0.146 e. The summed E-state index contributed by atoms with van der Waals surface area (Å²) in [5.74, 6) is 1.31. The summed E-state index contributed by atoms with van der Waals surface area (Å²) in [6.07, 6.45) is 2.80. The molecule has 2 aromatic rings. The maximum Gasteiger partial charge on any atom is 0.146 e. The Hall–Kier alpha value is -1.96. The minimum absolute atomic E-state index is 0.575. The zero-order valence-corrected chi connectivity index (χ0v) is 12.1. The first-order valence-electron chi connectivity index (χ1n) is 6.32. The molecule has 2 rings (SSSR count). The van der Waals surface area contributed by atoms with Gasteiger partial charge in [0.05, 0.1) is 0 Å². The summed E-state index contributed by atoms with van der Waals surface area (Å²) in [7, 11) is 0. The molecule has 0 bridgehead atoms. The van der Waals surface area contributed by atoms with Gasteiger partial charge in [-0.15, -0.1) is 11.8 Å². The van der Waals surface area contributed by atoms with Crippen LogP contribution >= 0.6 is 11.8 Å². The van der Waals surface area contributed by atoms with Crippen molar-refractivity contribution in [2.24, 2.45) is 5.73 Å². The summed E-state index contributed by atoms with van der Waals surface area (Å²) >= 11 is 1.54. The lowest BCUT2D eigenvalue weighted by molar-refractivity contribution is 0.479. The minimum atomic E-state index is 0.575. The van der Waals surface area contributed by atoms with E-state index in [0.717, 1.165) is 17.1 Å². The number of ether oxygens (including phenoxy) is 1. The van der Waals surface area contributed by atoms with Crippen LogP contribution in [0.1, 0.15) is 11.1 Å². The van der Waals surface area contributed by atoms with E-state index in [1.54, 1.807) is 0 Å². The first-order chi connectivity index (χ1) is 9.78.